The molecule has 1 atom stereocenters. The Morgan fingerprint density at radius 2 is 2.12 bits per heavy atom. The van der Waals surface area contributed by atoms with Crippen molar-refractivity contribution in [3.05, 3.63) is 29.8 Å². The molecule has 3 heteroatoms. The molecule has 1 heterocycles. The Labute approximate surface area is 97.2 Å². The summed E-state index contributed by atoms with van der Waals surface area (Å²) in [6, 6.07) is 8.31. The summed E-state index contributed by atoms with van der Waals surface area (Å²) in [5.41, 5.74) is 7.03. The van der Waals surface area contributed by atoms with E-state index in [0.717, 1.165) is 25.4 Å². The largest absolute Gasteiger partial charge is 0.497 e. The topological polar surface area (TPSA) is 38.5 Å². The molecule has 0 bridgehead atoms. The van der Waals surface area contributed by atoms with Gasteiger partial charge in [0.1, 0.15) is 5.75 Å². The van der Waals surface area contributed by atoms with Crippen LogP contribution in [0, 0.1) is 5.92 Å². The first-order valence-electron chi connectivity index (χ1n) is 5.87. The molecule has 0 radical (unpaired) electrons. The highest BCUT2D eigenvalue weighted by molar-refractivity contribution is 5.27. The lowest BCUT2D eigenvalue weighted by Crippen LogP contribution is -2.22. The quantitative estimate of drug-likeness (QED) is 0.835. The molecule has 16 heavy (non-hydrogen) atoms. The minimum absolute atomic E-state index is 0.693. The third kappa shape index (κ3) is 2.74. The van der Waals surface area contributed by atoms with Gasteiger partial charge in [-0.15, -0.1) is 0 Å². The molecule has 2 N–H and O–H groups in total. The van der Waals surface area contributed by atoms with Crippen molar-refractivity contribution in [3.8, 4) is 5.75 Å². The number of nitrogens with zero attached hydrogens (tertiary/aromatic N) is 1. The molecule has 0 amide bonds. The van der Waals surface area contributed by atoms with Crippen LogP contribution < -0.4 is 10.5 Å². The Morgan fingerprint density at radius 3 is 2.69 bits per heavy atom. The Balaban J connectivity index is 1.89. The summed E-state index contributed by atoms with van der Waals surface area (Å²) in [6.45, 7) is 4.16. The maximum atomic E-state index is 5.68. The highest BCUT2D eigenvalue weighted by atomic mass is 16.5. The zero-order valence-corrected chi connectivity index (χ0v) is 9.86. The van der Waals surface area contributed by atoms with Crippen molar-refractivity contribution in [1.82, 2.24) is 4.90 Å². The van der Waals surface area contributed by atoms with Crippen molar-refractivity contribution in [2.45, 2.75) is 13.0 Å². The number of rotatable bonds is 4. The second-order valence-corrected chi connectivity index (χ2v) is 4.47. The van der Waals surface area contributed by atoms with Gasteiger partial charge in [-0.05, 0) is 43.1 Å². The predicted octanol–water partition coefficient (Wildman–Crippen LogP) is 1.48. The molecule has 0 saturated carbocycles. The van der Waals surface area contributed by atoms with Gasteiger partial charge < -0.3 is 10.5 Å². The fraction of sp³-hybridized carbons (Fsp3) is 0.538. The van der Waals surface area contributed by atoms with Gasteiger partial charge in [0.25, 0.3) is 0 Å². The van der Waals surface area contributed by atoms with Crippen LogP contribution in [0.15, 0.2) is 24.3 Å². The molecule has 1 aliphatic heterocycles. The van der Waals surface area contributed by atoms with Crippen molar-refractivity contribution < 1.29 is 4.74 Å². The van der Waals surface area contributed by atoms with Crippen LogP contribution in [-0.4, -0.2) is 31.6 Å². The van der Waals surface area contributed by atoms with Crippen molar-refractivity contribution in [3.63, 3.8) is 0 Å². The van der Waals surface area contributed by atoms with Crippen LogP contribution in [-0.2, 0) is 6.54 Å². The highest BCUT2D eigenvalue weighted by Gasteiger charge is 2.20. The SMILES string of the molecule is COc1ccc(CN2CCC(CN)C2)cc1. The maximum Gasteiger partial charge on any atom is 0.118 e. The van der Waals surface area contributed by atoms with Gasteiger partial charge in [-0.1, -0.05) is 12.1 Å². The predicted molar refractivity (Wildman–Crippen MR) is 65.4 cm³/mol. The number of hydrogen-bond donors (Lipinski definition) is 1. The van der Waals surface area contributed by atoms with E-state index in [1.54, 1.807) is 7.11 Å². The lowest BCUT2D eigenvalue weighted by Gasteiger charge is -2.15. The van der Waals surface area contributed by atoms with Crippen LogP contribution in [0.25, 0.3) is 0 Å². The Kier molecular flexibility index (Phi) is 3.80. The summed E-state index contributed by atoms with van der Waals surface area (Å²) in [6.07, 6.45) is 1.24. The molecular formula is C13H20N2O. The van der Waals surface area contributed by atoms with E-state index in [0.29, 0.717) is 5.92 Å². The number of benzene rings is 1. The molecule has 3 nitrogen and oxygen atoms in total. The first-order valence-corrected chi connectivity index (χ1v) is 5.87. The number of nitrogens with two attached hydrogens (primary N) is 1. The minimum atomic E-state index is 0.693. The summed E-state index contributed by atoms with van der Waals surface area (Å²) < 4.78 is 5.14. The van der Waals surface area contributed by atoms with Crippen molar-refractivity contribution in [1.29, 1.82) is 0 Å². The van der Waals surface area contributed by atoms with Crippen molar-refractivity contribution in [2.75, 3.05) is 26.7 Å². The van der Waals surface area contributed by atoms with Crippen molar-refractivity contribution >= 4 is 0 Å². The number of likely N-dealkylation sites (tertiary alicyclic amines) is 1. The van der Waals surface area contributed by atoms with Crippen LogP contribution >= 0.6 is 0 Å². The van der Waals surface area contributed by atoms with E-state index in [1.807, 2.05) is 12.1 Å². The third-order valence-electron chi connectivity index (χ3n) is 3.27. The van der Waals surface area contributed by atoms with E-state index in [1.165, 1.54) is 18.5 Å². The van der Waals surface area contributed by atoms with E-state index in [9.17, 15) is 0 Å². The fourth-order valence-corrected chi connectivity index (χ4v) is 2.24. The van der Waals surface area contributed by atoms with E-state index in [2.05, 4.69) is 17.0 Å². The van der Waals surface area contributed by atoms with Gasteiger partial charge in [0.15, 0.2) is 0 Å². The van der Waals surface area contributed by atoms with Gasteiger partial charge in [0, 0.05) is 13.1 Å². The van der Waals surface area contributed by atoms with Gasteiger partial charge in [-0.2, -0.15) is 0 Å². The molecule has 1 aromatic rings. The average Bonchev–Trinajstić information content (AvgIpc) is 2.78. The van der Waals surface area contributed by atoms with Crippen LogP contribution in [0.2, 0.25) is 0 Å². The molecule has 1 saturated heterocycles. The molecule has 1 aromatic carbocycles. The lowest BCUT2D eigenvalue weighted by molar-refractivity contribution is 0.317. The van der Waals surface area contributed by atoms with Gasteiger partial charge in [-0.25, -0.2) is 0 Å². The second-order valence-electron chi connectivity index (χ2n) is 4.47. The minimum Gasteiger partial charge on any atom is -0.497 e. The smallest absolute Gasteiger partial charge is 0.118 e. The Bertz CT molecular complexity index is 323. The molecule has 0 spiro atoms. The van der Waals surface area contributed by atoms with Gasteiger partial charge in [0.2, 0.25) is 0 Å². The maximum absolute atomic E-state index is 5.68. The zero-order chi connectivity index (χ0) is 11.4. The second kappa shape index (κ2) is 5.32. The first kappa shape index (κ1) is 11.4. The Hall–Kier alpha value is -1.06. The molecule has 88 valence electrons. The van der Waals surface area contributed by atoms with Crippen LogP contribution in [0.1, 0.15) is 12.0 Å². The summed E-state index contributed by atoms with van der Waals surface area (Å²) in [7, 11) is 1.70. The molecule has 1 aliphatic rings. The first-order chi connectivity index (χ1) is 7.81. The normalized spacial score (nSPS) is 21.2. The standard InChI is InChI=1S/C13H20N2O/c1-16-13-4-2-11(3-5-13)9-15-7-6-12(8-14)10-15/h2-5,12H,6-10,14H2,1H3. The van der Waals surface area contributed by atoms with Gasteiger partial charge >= 0.3 is 0 Å². The summed E-state index contributed by atoms with van der Waals surface area (Å²) >= 11 is 0. The molecule has 2 rings (SSSR count). The highest BCUT2D eigenvalue weighted by Crippen LogP contribution is 2.19. The van der Waals surface area contributed by atoms with E-state index in [4.69, 9.17) is 10.5 Å². The zero-order valence-electron chi connectivity index (χ0n) is 9.86. The number of hydrogen-bond acceptors (Lipinski definition) is 3. The fourth-order valence-electron chi connectivity index (χ4n) is 2.24. The van der Waals surface area contributed by atoms with Gasteiger partial charge in [0.05, 0.1) is 7.11 Å². The molecule has 0 aliphatic carbocycles. The third-order valence-corrected chi connectivity index (χ3v) is 3.27. The lowest BCUT2D eigenvalue weighted by atomic mass is 10.1. The summed E-state index contributed by atoms with van der Waals surface area (Å²) in [5.74, 6) is 1.61. The van der Waals surface area contributed by atoms with Gasteiger partial charge in [-0.3, -0.25) is 4.90 Å². The Morgan fingerprint density at radius 1 is 1.38 bits per heavy atom. The average molecular weight is 220 g/mol. The number of ether oxygens (including phenoxy) is 1. The van der Waals surface area contributed by atoms with E-state index in [-0.39, 0.29) is 0 Å². The van der Waals surface area contributed by atoms with Crippen LogP contribution in [0.3, 0.4) is 0 Å². The number of methoxy groups -OCH3 is 1. The molecule has 1 fully saturated rings. The monoisotopic (exact) mass is 220 g/mol. The van der Waals surface area contributed by atoms with Crippen LogP contribution in [0.4, 0.5) is 0 Å². The van der Waals surface area contributed by atoms with Crippen molar-refractivity contribution in [2.24, 2.45) is 11.7 Å². The molecule has 0 aromatic heterocycles. The molecule has 1 unspecified atom stereocenters. The summed E-state index contributed by atoms with van der Waals surface area (Å²) in [5, 5.41) is 0. The summed E-state index contributed by atoms with van der Waals surface area (Å²) in [4.78, 5) is 2.47. The van der Waals surface area contributed by atoms with Crippen LogP contribution in [0.5, 0.6) is 5.75 Å². The molecular weight excluding hydrogens is 200 g/mol. The van der Waals surface area contributed by atoms with E-state index >= 15 is 0 Å². The van der Waals surface area contributed by atoms with E-state index < -0.39 is 0 Å².